The molecule has 1 aliphatic rings. The Morgan fingerprint density at radius 2 is 2.00 bits per heavy atom. The fourth-order valence-corrected chi connectivity index (χ4v) is 2.71. The molecule has 0 fully saturated rings. The molecule has 0 saturated carbocycles. The first-order chi connectivity index (χ1) is 9.65. The van der Waals surface area contributed by atoms with Crippen LogP contribution in [0.25, 0.3) is 0 Å². The molecule has 0 atom stereocenters. The molecule has 0 bridgehead atoms. The van der Waals surface area contributed by atoms with Crippen LogP contribution < -0.4 is 10.2 Å². The van der Waals surface area contributed by atoms with E-state index in [2.05, 4.69) is 21.2 Å². The van der Waals surface area contributed by atoms with Crippen LogP contribution in [-0.2, 0) is 11.3 Å². The van der Waals surface area contributed by atoms with Gasteiger partial charge in [-0.2, -0.15) is 0 Å². The third-order valence-corrected chi connectivity index (χ3v) is 4.13. The Balaban J connectivity index is 1.95. The number of anilines is 2. The molecule has 0 saturated heterocycles. The molecular formula is C15H12BrFN2O. The molecular weight excluding hydrogens is 323 g/mol. The van der Waals surface area contributed by atoms with Crippen molar-refractivity contribution in [2.24, 2.45) is 0 Å². The van der Waals surface area contributed by atoms with E-state index < -0.39 is 0 Å². The number of amides is 1. The molecule has 1 heterocycles. The van der Waals surface area contributed by atoms with E-state index in [0.717, 1.165) is 16.9 Å². The van der Waals surface area contributed by atoms with E-state index in [1.807, 2.05) is 35.2 Å². The zero-order valence-electron chi connectivity index (χ0n) is 10.6. The number of fused-ring (bicyclic) bond motifs is 1. The lowest BCUT2D eigenvalue weighted by Crippen LogP contribution is -2.37. The molecule has 0 radical (unpaired) electrons. The van der Waals surface area contributed by atoms with Crippen molar-refractivity contribution in [2.45, 2.75) is 6.54 Å². The van der Waals surface area contributed by atoms with Gasteiger partial charge in [-0.3, -0.25) is 4.79 Å². The topological polar surface area (TPSA) is 32.3 Å². The van der Waals surface area contributed by atoms with Crippen molar-refractivity contribution in [1.82, 2.24) is 0 Å². The van der Waals surface area contributed by atoms with E-state index in [1.165, 1.54) is 6.07 Å². The third-order valence-electron chi connectivity index (χ3n) is 3.25. The maximum Gasteiger partial charge on any atom is 0.243 e. The summed E-state index contributed by atoms with van der Waals surface area (Å²) in [6.07, 6.45) is 0. The molecule has 2 aromatic carbocycles. The molecule has 3 nitrogen and oxygen atoms in total. The minimum Gasteiger partial charge on any atom is -0.356 e. The largest absolute Gasteiger partial charge is 0.356 e. The number of carbonyl (C=O) groups is 1. The van der Waals surface area contributed by atoms with Crippen LogP contribution in [0.5, 0.6) is 0 Å². The zero-order valence-corrected chi connectivity index (χ0v) is 12.2. The SMILES string of the molecule is O=C1CN(Cc2cccc(F)c2Br)c2ccccc2N1. The Morgan fingerprint density at radius 1 is 1.20 bits per heavy atom. The molecule has 2 aromatic rings. The fourth-order valence-electron chi connectivity index (χ4n) is 2.32. The Hall–Kier alpha value is -1.88. The number of hydrogen-bond donors (Lipinski definition) is 1. The van der Waals surface area contributed by atoms with Crippen LogP contribution in [0.2, 0.25) is 0 Å². The van der Waals surface area contributed by atoms with Crippen molar-refractivity contribution in [3.8, 4) is 0 Å². The molecule has 5 heteroatoms. The van der Waals surface area contributed by atoms with E-state index in [4.69, 9.17) is 0 Å². The highest BCUT2D eigenvalue weighted by atomic mass is 79.9. The lowest BCUT2D eigenvalue weighted by molar-refractivity contribution is -0.115. The third kappa shape index (κ3) is 2.41. The summed E-state index contributed by atoms with van der Waals surface area (Å²) < 4.78 is 14.0. The maximum absolute atomic E-state index is 13.6. The average Bonchev–Trinajstić information content (AvgIpc) is 2.43. The van der Waals surface area contributed by atoms with Gasteiger partial charge in [-0.25, -0.2) is 4.39 Å². The Labute approximate surface area is 124 Å². The average molecular weight is 335 g/mol. The summed E-state index contributed by atoms with van der Waals surface area (Å²) in [5.74, 6) is -0.353. The standard InChI is InChI=1S/C15H12BrFN2O/c16-15-10(4-3-5-11(15)17)8-19-9-14(20)18-12-6-1-2-7-13(12)19/h1-7H,8-9H2,(H,18,20). The lowest BCUT2D eigenvalue weighted by atomic mass is 10.1. The highest BCUT2D eigenvalue weighted by Crippen LogP contribution is 2.31. The van der Waals surface area contributed by atoms with E-state index in [9.17, 15) is 9.18 Å². The van der Waals surface area contributed by atoms with Gasteiger partial charge in [0.15, 0.2) is 0 Å². The first-order valence-corrected chi connectivity index (χ1v) is 7.01. The van der Waals surface area contributed by atoms with Crippen molar-refractivity contribution in [3.05, 3.63) is 58.3 Å². The van der Waals surface area contributed by atoms with Crippen LogP contribution in [0.4, 0.5) is 15.8 Å². The summed E-state index contributed by atoms with van der Waals surface area (Å²) in [4.78, 5) is 13.7. The van der Waals surface area contributed by atoms with Crippen LogP contribution in [0.1, 0.15) is 5.56 Å². The van der Waals surface area contributed by atoms with Crippen LogP contribution in [-0.4, -0.2) is 12.5 Å². The van der Waals surface area contributed by atoms with Gasteiger partial charge in [0.05, 0.1) is 22.4 Å². The van der Waals surface area contributed by atoms with Gasteiger partial charge in [0.2, 0.25) is 5.91 Å². The first kappa shape index (κ1) is 13.1. The van der Waals surface area contributed by atoms with Crippen LogP contribution >= 0.6 is 15.9 Å². The summed E-state index contributed by atoms with van der Waals surface area (Å²) in [6.45, 7) is 0.739. The van der Waals surface area contributed by atoms with Crippen molar-refractivity contribution in [2.75, 3.05) is 16.8 Å². The minimum atomic E-state index is -0.294. The molecule has 0 unspecified atom stereocenters. The second-order valence-electron chi connectivity index (χ2n) is 4.63. The predicted octanol–water partition coefficient (Wildman–Crippen LogP) is 3.55. The van der Waals surface area contributed by atoms with Crippen LogP contribution in [0.15, 0.2) is 46.9 Å². The second kappa shape index (κ2) is 5.25. The normalized spacial score (nSPS) is 13.9. The van der Waals surface area contributed by atoms with Gasteiger partial charge < -0.3 is 10.2 Å². The summed E-state index contributed by atoms with van der Waals surface area (Å²) >= 11 is 3.26. The number of para-hydroxylation sites is 2. The highest BCUT2D eigenvalue weighted by Gasteiger charge is 2.22. The lowest BCUT2D eigenvalue weighted by Gasteiger charge is -2.31. The van der Waals surface area contributed by atoms with Crippen LogP contribution in [0.3, 0.4) is 0 Å². The number of benzene rings is 2. The van der Waals surface area contributed by atoms with Gasteiger partial charge in [0.25, 0.3) is 0 Å². The van der Waals surface area contributed by atoms with E-state index >= 15 is 0 Å². The predicted molar refractivity (Wildman–Crippen MR) is 80.2 cm³/mol. The Morgan fingerprint density at radius 3 is 2.85 bits per heavy atom. The first-order valence-electron chi connectivity index (χ1n) is 6.22. The molecule has 20 heavy (non-hydrogen) atoms. The zero-order chi connectivity index (χ0) is 14.1. The number of halogens is 2. The number of nitrogens with zero attached hydrogens (tertiary/aromatic N) is 1. The number of carbonyl (C=O) groups excluding carboxylic acids is 1. The van der Waals surface area contributed by atoms with Gasteiger partial charge in [-0.15, -0.1) is 0 Å². The van der Waals surface area contributed by atoms with Crippen molar-refractivity contribution in [1.29, 1.82) is 0 Å². The highest BCUT2D eigenvalue weighted by molar-refractivity contribution is 9.10. The maximum atomic E-state index is 13.6. The number of nitrogens with one attached hydrogen (secondary N) is 1. The van der Waals surface area contributed by atoms with Crippen LogP contribution in [0, 0.1) is 5.82 Å². The minimum absolute atomic E-state index is 0.0591. The van der Waals surface area contributed by atoms with E-state index in [0.29, 0.717) is 11.0 Å². The van der Waals surface area contributed by atoms with E-state index in [1.54, 1.807) is 6.07 Å². The fraction of sp³-hybridized carbons (Fsp3) is 0.133. The quantitative estimate of drug-likeness (QED) is 0.910. The molecule has 3 rings (SSSR count). The summed E-state index contributed by atoms with van der Waals surface area (Å²) in [5, 5.41) is 2.84. The van der Waals surface area contributed by atoms with Gasteiger partial charge in [0, 0.05) is 6.54 Å². The molecule has 0 aromatic heterocycles. The monoisotopic (exact) mass is 334 g/mol. The molecule has 0 spiro atoms. The van der Waals surface area contributed by atoms with Crippen molar-refractivity contribution < 1.29 is 9.18 Å². The van der Waals surface area contributed by atoms with Gasteiger partial charge in [-0.1, -0.05) is 24.3 Å². The molecule has 1 N–H and O–H groups in total. The van der Waals surface area contributed by atoms with Gasteiger partial charge in [-0.05, 0) is 39.7 Å². The smallest absolute Gasteiger partial charge is 0.243 e. The van der Waals surface area contributed by atoms with Gasteiger partial charge in [0.1, 0.15) is 5.82 Å². The van der Waals surface area contributed by atoms with E-state index in [-0.39, 0.29) is 18.3 Å². The number of rotatable bonds is 2. The summed E-state index contributed by atoms with van der Waals surface area (Å²) in [5.41, 5.74) is 2.55. The van der Waals surface area contributed by atoms with Crippen molar-refractivity contribution >= 4 is 33.2 Å². The van der Waals surface area contributed by atoms with Gasteiger partial charge >= 0.3 is 0 Å². The number of hydrogen-bond acceptors (Lipinski definition) is 2. The Kier molecular flexibility index (Phi) is 3.44. The molecule has 102 valence electrons. The molecule has 1 amide bonds. The summed E-state index contributed by atoms with van der Waals surface area (Å²) in [6, 6.07) is 12.5. The second-order valence-corrected chi connectivity index (χ2v) is 5.43. The Bertz CT molecular complexity index is 675. The molecule has 1 aliphatic heterocycles. The van der Waals surface area contributed by atoms with Crippen molar-refractivity contribution in [3.63, 3.8) is 0 Å². The molecule has 0 aliphatic carbocycles. The summed E-state index contributed by atoms with van der Waals surface area (Å²) in [7, 11) is 0.